The molecule has 0 aliphatic carbocycles. The highest BCUT2D eigenvalue weighted by molar-refractivity contribution is 9.10. The van der Waals surface area contributed by atoms with E-state index in [1.807, 2.05) is 38.1 Å². The summed E-state index contributed by atoms with van der Waals surface area (Å²) in [6.07, 6.45) is 1.48. The first kappa shape index (κ1) is 21.9. The average molecular weight is 496 g/mol. The van der Waals surface area contributed by atoms with Gasteiger partial charge in [0.1, 0.15) is 23.3 Å². The number of rotatable bonds is 6. The summed E-state index contributed by atoms with van der Waals surface area (Å²) < 4.78 is 12.0. The third kappa shape index (κ3) is 4.08. The van der Waals surface area contributed by atoms with Crippen molar-refractivity contribution in [3.63, 3.8) is 0 Å². The maximum atomic E-state index is 13.1. The zero-order valence-corrected chi connectivity index (χ0v) is 19.3. The molecule has 1 N–H and O–H groups in total. The Hall–Kier alpha value is -3.32. The van der Waals surface area contributed by atoms with Gasteiger partial charge in [-0.15, -0.1) is 0 Å². The Bertz CT molecular complexity index is 1200. The largest absolute Gasteiger partial charge is 0.507 e. The molecule has 3 aromatic rings. The van der Waals surface area contributed by atoms with Gasteiger partial charge >= 0.3 is 0 Å². The smallest absolute Gasteiger partial charge is 0.296 e. The number of furan rings is 1. The minimum atomic E-state index is -0.843. The zero-order valence-electron chi connectivity index (χ0n) is 17.7. The zero-order chi connectivity index (χ0) is 22.8. The fourth-order valence-electron chi connectivity index (χ4n) is 3.83. The normalized spacial score (nSPS) is 17.7. The Morgan fingerprint density at radius 2 is 1.97 bits per heavy atom. The maximum absolute atomic E-state index is 13.1. The highest BCUT2D eigenvalue weighted by Gasteiger charge is 2.47. The number of likely N-dealkylation sites (tertiary alicyclic amines) is 1. The van der Waals surface area contributed by atoms with Gasteiger partial charge in [0.15, 0.2) is 0 Å². The van der Waals surface area contributed by atoms with Crippen LogP contribution < -0.4 is 4.74 Å². The van der Waals surface area contributed by atoms with E-state index in [0.717, 1.165) is 15.6 Å². The molecule has 0 saturated carbocycles. The minimum Gasteiger partial charge on any atom is -0.507 e. The molecular formula is C25H22BrNO5. The topological polar surface area (TPSA) is 80.0 Å². The molecule has 1 unspecified atom stereocenters. The Morgan fingerprint density at radius 1 is 1.16 bits per heavy atom. The first-order valence-corrected chi connectivity index (χ1v) is 11.0. The Balaban J connectivity index is 1.79. The van der Waals surface area contributed by atoms with Crippen LogP contribution in [0.15, 0.2) is 75.3 Å². The molecule has 2 aromatic carbocycles. The molecule has 164 valence electrons. The lowest BCUT2D eigenvalue weighted by atomic mass is 9.98. The third-order valence-corrected chi connectivity index (χ3v) is 6.24. The van der Waals surface area contributed by atoms with E-state index in [-0.39, 0.29) is 17.9 Å². The van der Waals surface area contributed by atoms with Gasteiger partial charge in [0.2, 0.25) is 0 Å². The molecule has 1 aliphatic heterocycles. The number of Topliss-reactive ketones (excluding diaryl/α,β-unsaturated/α-hetero) is 1. The Labute approximate surface area is 194 Å². The lowest BCUT2D eigenvalue weighted by Gasteiger charge is -2.23. The van der Waals surface area contributed by atoms with Crippen molar-refractivity contribution in [2.75, 3.05) is 6.61 Å². The van der Waals surface area contributed by atoms with Crippen LogP contribution in [-0.4, -0.2) is 28.3 Å². The number of aliphatic hydroxyl groups excluding tert-OH is 1. The fourth-order valence-corrected chi connectivity index (χ4v) is 4.08. The van der Waals surface area contributed by atoms with E-state index >= 15 is 0 Å². The van der Waals surface area contributed by atoms with Crippen LogP contribution in [0.25, 0.3) is 5.76 Å². The second-order valence-electron chi connectivity index (χ2n) is 7.49. The monoisotopic (exact) mass is 495 g/mol. The van der Waals surface area contributed by atoms with Crippen molar-refractivity contribution in [1.82, 2.24) is 4.90 Å². The summed E-state index contributed by atoms with van der Waals surface area (Å²) in [5.41, 5.74) is 2.16. The van der Waals surface area contributed by atoms with Gasteiger partial charge in [-0.05, 0) is 61.4 Å². The summed E-state index contributed by atoms with van der Waals surface area (Å²) in [7, 11) is 0. The van der Waals surface area contributed by atoms with Crippen molar-refractivity contribution in [2.45, 2.75) is 26.4 Å². The Morgan fingerprint density at radius 3 is 2.66 bits per heavy atom. The van der Waals surface area contributed by atoms with Gasteiger partial charge in [0.05, 0.1) is 18.4 Å². The molecule has 6 nitrogen and oxygen atoms in total. The van der Waals surface area contributed by atoms with E-state index in [2.05, 4.69) is 15.9 Å². The number of nitrogens with zero attached hydrogens (tertiary/aromatic N) is 1. The lowest BCUT2D eigenvalue weighted by Crippen LogP contribution is -2.29. The first-order chi connectivity index (χ1) is 15.4. The lowest BCUT2D eigenvalue weighted by molar-refractivity contribution is -0.140. The van der Waals surface area contributed by atoms with Crippen LogP contribution in [0.4, 0.5) is 0 Å². The van der Waals surface area contributed by atoms with Crippen molar-refractivity contribution in [3.05, 3.63) is 93.4 Å². The predicted octanol–water partition coefficient (Wildman–Crippen LogP) is 5.37. The molecule has 1 fully saturated rings. The first-order valence-electron chi connectivity index (χ1n) is 10.2. The van der Waals surface area contributed by atoms with Gasteiger partial charge in [-0.3, -0.25) is 9.59 Å². The summed E-state index contributed by atoms with van der Waals surface area (Å²) >= 11 is 3.44. The quantitative estimate of drug-likeness (QED) is 0.282. The van der Waals surface area contributed by atoms with E-state index in [9.17, 15) is 14.7 Å². The molecule has 1 atom stereocenters. The van der Waals surface area contributed by atoms with Gasteiger partial charge in [0, 0.05) is 16.6 Å². The van der Waals surface area contributed by atoms with Crippen molar-refractivity contribution in [3.8, 4) is 5.75 Å². The molecule has 7 heteroatoms. The molecule has 1 saturated heterocycles. The van der Waals surface area contributed by atoms with Crippen LogP contribution in [0.1, 0.15) is 35.4 Å². The summed E-state index contributed by atoms with van der Waals surface area (Å²) in [6, 6.07) is 15.2. The average Bonchev–Trinajstić information content (AvgIpc) is 3.38. The van der Waals surface area contributed by atoms with Crippen molar-refractivity contribution >= 4 is 33.4 Å². The molecule has 1 amide bonds. The number of hydrogen-bond donors (Lipinski definition) is 1. The van der Waals surface area contributed by atoms with E-state index in [0.29, 0.717) is 23.7 Å². The van der Waals surface area contributed by atoms with Crippen LogP contribution in [0.2, 0.25) is 0 Å². The van der Waals surface area contributed by atoms with Crippen LogP contribution in [0, 0.1) is 6.92 Å². The van der Waals surface area contributed by atoms with Crippen LogP contribution in [-0.2, 0) is 16.1 Å². The van der Waals surface area contributed by atoms with Crippen LogP contribution in [0.3, 0.4) is 0 Å². The van der Waals surface area contributed by atoms with Crippen molar-refractivity contribution in [1.29, 1.82) is 0 Å². The second-order valence-corrected chi connectivity index (χ2v) is 8.34. The number of benzene rings is 2. The highest BCUT2D eigenvalue weighted by Crippen LogP contribution is 2.40. The van der Waals surface area contributed by atoms with Crippen molar-refractivity contribution in [2.24, 2.45) is 0 Å². The van der Waals surface area contributed by atoms with E-state index < -0.39 is 17.7 Å². The molecule has 2 heterocycles. The summed E-state index contributed by atoms with van der Waals surface area (Å²) in [5.74, 6) is -0.582. The number of amides is 1. The standard InChI is InChI=1S/C25H22BrNO5/c1-3-31-18-7-4-6-16(13-18)14-27-22(20-8-5-11-32-20)21(24(29)25(27)30)23(28)17-9-10-19(26)15(2)12-17/h4-13,22,28H,3,14H2,1-2H3/b23-21-. The number of aliphatic hydroxyl groups is 1. The van der Waals surface area contributed by atoms with Gasteiger partial charge in [0.25, 0.3) is 11.7 Å². The van der Waals surface area contributed by atoms with Crippen molar-refractivity contribution < 1.29 is 23.8 Å². The highest BCUT2D eigenvalue weighted by atomic mass is 79.9. The van der Waals surface area contributed by atoms with Gasteiger partial charge in [-0.1, -0.05) is 34.1 Å². The number of carbonyl (C=O) groups is 2. The van der Waals surface area contributed by atoms with E-state index in [1.54, 1.807) is 30.3 Å². The number of aryl methyl sites for hydroxylation is 1. The molecule has 1 aliphatic rings. The molecule has 32 heavy (non-hydrogen) atoms. The third-order valence-electron chi connectivity index (χ3n) is 5.35. The SMILES string of the molecule is CCOc1cccc(CN2C(=O)C(=O)/C(=C(\O)c3ccc(Br)c(C)c3)C2c2ccco2)c1. The summed E-state index contributed by atoms with van der Waals surface area (Å²) in [4.78, 5) is 27.5. The number of ether oxygens (including phenoxy) is 1. The number of ketones is 1. The molecule has 4 rings (SSSR count). The second kappa shape index (κ2) is 9.04. The minimum absolute atomic E-state index is 0.00707. The predicted molar refractivity (Wildman–Crippen MR) is 123 cm³/mol. The summed E-state index contributed by atoms with van der Waals surface area (Å²) in [5, 5.41) is 11.1. The van der Waals surface area contributed by atoms with Gasteiger partial charge in [-0.2, -0.15) is 0 Å². The molecular weight excluding hydrogens is 474 g/mol. The molecule has 0 bridgehead atoms. The Kier molecular flexibility index (Phi) is 6.19. The van der Waals surface area contributed by atoms with Gasteiger partial charge in [-0.25, -0.2) is 0 Å². The number of carbonyl (C=O) groups excluding carboxylic acids is 2. The van der Waals surface area contributed by atoms with Gasteiger partial charge < -0.3 is 19.2 Å². The van der Waals surface area contributed by atoms with Crippen LogP contribution in [0.5, 0.6) is 5.75 Å². The van der Waals surface area contributed by atoms with E-state index in [1.165, 1.54) is 11.2 Å². The number of halogens is 1. The summed E-state index contributed by atoms with van der Waals surface area (Å²) in [6.45, 7) is 4.46. The van der Waals surface area contributed by atoms with Crippen LogP contribution >= 0.6 is 15.9 Å². The molecule has 0 spiro atoms. The maximum Gasteiger partial charge on any atom is 0.296 e. The molecule has 0 radical (unpaired) electrons. The number of hydrogen-bond acceptors (Lipinski definition) is 5. The van der Waals surface area contributed by atoms with E-state index in [4.69, 9.17) is 9.15 Å². The molecule has 1 aromatic heterocycles. The fraction of sp³-hybridized carbons (Fsp3) is 0.200.